The Labute approximate surface area is 88.9 Å². The third kappa shape index (κ3) is 2.54. The van der Waals surface area contributed by atoms with Gasteiger partial charge in [0.05, 0.1) is 12.1 Å². The molecule has 0 radical (unpaired) electrons. The van der Waals surface area contributed by atoms with E-state index in [0.29, 0.717) is 24.8 Å². The largest absolute Gasteiger partial charge is 0.392 e. The molecule has 0 spiro atoms. The van der Waals surface area contributed by atoms with E-state index in [-0.39, 0.29) is 12.1 Å². The van der Waals surface area contributed by atoms with E-state index in [0.717, 1.165) is 12.2 Å². The SMILES string of the molecule is CC(C)Cc1noc([C@@H]2C[C@@H](O)CN2)n1. The lowest BCUT2D eigenvalue weighted by Gasteiger charge is -2.01. The predicted octanol–water partition coefficient (Wildman–Crippen LogP) is 0.663. The molecule has 1 aliphatic rings. The van der Waals surface area contributed by atoms with Crippen LogP contribution in [0.15, 0.2) is 4.52 Å². The Morgan fingerprint density at radius 3 is 3.00 bits per heavy atom. The Balaban J connectivity index is 2.00. The van der Waals surface area contributed by atoms with Gasteiger partial charge < -0.3 is 14.9 Å². The molecule has 0 aliphatic carbocycles. The Kier molecular flexibility index (Phi) is 3.02. The molecule has 84 valence electrons. The Morgan fingerprint density at radius 1 is 1.60 bits per heavy atom. The summed E-state index contributed by atoms with van der Waals surface area (Å²) >= 11 is 0. The summed E-state index contributed by atoms with van der Waals surface area (Å²) in [6.45, 7) is 4.84. The molecule has 0 unspecified atom stereocenters. The number of nitrogens with zero attached hydrogens (tertiary/aromatic N) is 2. The van der Waals surface area contributed by atoms with Crippen LogP contribution in [0.2, 0.25) is 0 Å². The minimum Gasteiger partial charge on any atom is -0.392 e. The lowest BCUT2D eigenvalue weighted by molar-refractivity contribution is 0.191. The minimum absolute atomic E-state index is 0.0217. The molecule has 1 saturated heterocycles. The zero-order valence-corrected chi connectivity index (χ0v) is 9.10. The van der Waals surface area contributed by atoms with E-state index < -0.39 is 0 Å². The van der Waals surface area contributed by atoms with Crippen molar-refractivity contribution in [2.45, 2.75) is 38.8 Å². The first kappa shape index (κ1) is 10.6. The van der Waals surface area contributed by atoms with Crippen molar-refractivity contribution in [3.05, 3.63) is 11.7 Å². The zero-order chi connectivity index (χ0) is 10.8. The first-order chi connectivity index (χ1) is 7.15. The van der Waals surface area contributed by atoms with Gasteiger partial charge in [0, 0.05) is 13.0 Å². The lowest BCUT2D eigenvalue weighted by Crippen LogP contribution is -2.15. The molecule has 5 nitrogen and oxygen atoms in total. The molecular formula is C10H17N3O2. The minimum atomic E-state index is -0.296. The summed E-state index contributed by atoms with van der Waals surface area (Å²) in [4.78, 5) is 4.32. The standard InChI is InChI=1S/C10H17N3O2/c1-6(2)3-9-12-10(15-13-9)8-4-7(14)5-11-8/h6-8,11,14H,3-5H2,1-2H3/t7-,8+/m1/s1. The highest BCUT2D eigenvalue weighted by Crippen LogP contribution is 2.21. The van der Waals surface area contributed by atoms with Crippen LogP contribution in [0.5, 0.6) is 0 Å². The molecule has 2 rings (SSSR count). The number of hydrogen-bond donors (Lipinski definition) is 2. The van der Waals surface area contributed by atoms with E-state index >= 15 is 0 Å². The number of hydrogen-bond acceptors (Lipinski definition) is 5. The molecule has 1 aliphatic heterocycles. The number of aromatic nitrogens is 2. The fourth-order valence-electron chi connectivity index (χ4n) is 1.76. The fourth-order valence-corrected chi connectivity index (χ4v) is 1.76. The van der Waals surface area contributed by atoms with Gasteiger partial charge in [0.25, 0.3) is 0 Å². The highest BCUT2D eigenvalue weighted by Gasteiger charge is 2.27. The van der Waals surface area contributed by atoms with Gasteiger partial charge >= 0.3 is 0 Å². The molecule has 0 bridgehead atoms. The summed E-state index contributed by atoms with van der Waals surface area (Å²) in [6.07, 6.45) is 1.19. The average molecular weight is 211 g/mol. The molecular weight excluding hydrogens is 194 g/mol. The van der Waals surface area contributed by atoms with Crippen molar-refractivity contribution in [1.29, 1.82) is 0 Å². The molecule has 2 heterocycles. The van der Waals surface area contributed by atoms with Gasteiger partial charge in [-0.15, -0.1) is 0 Å². The summed E-state index contributed by atoms with van der Waals surface area (Å²) in [6, 6.07) is 0.0217. The molecule has 1 fully saturated rings. The maximum atomic E-state index is 9.36. The van der Waals surface area contributed by atoms with Gasteiger partial charge in [-0.3, -0.25) is 0 Å². The average Bonchev–Trinajstić information content (AvgIpc) is 2.72. The number of aliphatic hydroxyl groups excluding tert-OH is 1. The Bertz CT molecular complexity index is 324. The van der Waals surface area contributed by atoms with Crippen LogP contribution < -0.4 is 5.32 Å². The molecule has 15 heavy (non-hydrogen) atoms. The summed E-state index contributed by atoms with van der Waals surface area (Å²) < 4.78 is 5.16. The summed E-state index contributed by atoms with van der Waals surface area (Å²) in [5, 5.41) is 16.4. The van der Waals surface area contributed by atoms with Gasteiger partial charge in [0.2, 0.25) is 5.89 Å². The van der Waals surface area contributed by atoms with E-state index in [2.05, 4.69) is 29.3 Å². The quantitative estimate of drug-likeness (QED) is 0.768. The molecule has 1 aromatic heterocycles. The first-order valence-corrected chi connectivity index (χ1v) is 5.39. The number of β-amino-alcohol motifs (C(OH)–C–C–N with tert-alkyl or cyclic N) is 1. The second kappa shape index (κ2) is 4.28. The van der Waals surface area contributed by atoms with Crippen LogP contribution in [0.4, 0.5) is 0 Å². The van der Waals surface area contributed by atoms with Crippen LogP contribution in [0.25, 0.3) is 0 Å². The first-order valence-electron chi connectivity index (χ1n) is 5.39. The van der Waals surface area contributed by atoms with E-state index in [1.54, 1.807) is 0 Å². The van der Waals surface area contributed by atoms with Crippen LogP contribution in [-0.2, 0) is 6.42 Å². The molecule has 0 saturated carbocycles. The monoisotopic (exact) mass is 211 g/mol. The van der Waals surface area contributed by atoms with Crippen LogP contribution in [0, 0.1) is 5.92 Å². The van der Waals surface area contributed by atoms with Gasteiger partial charge in [-0.1, -0.05) is 19.0 Å². The van der Waals surface area contributed by atoms with Crippen molar-refractivity contribution >= 4 is 0 Å². The highest BCUT2D eigenvalue weighted by molar-refractivity contribution is 4.97. The number of rotatable bonds is 3. The van der Waals surface area contributed by atoms with Gasteiger partial charge in [0.1, 0.15) is 0 Å². The van der Waals surface area contributed by atoms with Crippen LogP contribution >= 0.6 is 0 Å². The second-order valence-electron chi connectivity index (χ2n) is 4.50. The van der Waals surface area contributed by atoms with Crippen molar-refractivity contribution in [1.82, 2.24) is 15.5 Å². The van der Waals surface area contributed by atoms with Crippen molar-refractivity contribution in [2.24, 2.45) is 5.92 Å². The van der Waals surface area contributed by atoms with E-state index in [1.165, 1.54) is 0 Å². The van der Waals surface area contributed by atoms with Crippen LogP contribution in [-0.4, -0.2) is 27.9 Å². The smallest absolute Gasteiger partial charge is 0.243 e. The third-order valence-corrected chi connectivity index (χ3v) is 2.48. The lowest BCUT2D eigenvalue weighted by atomic mass is 10.1. The van der Waals surface area contributed by atoms with Crippen molar-refractivity contribution in [3.63, 3.8) is 0 Å². The maximum Gasteiger partial charge on any atom is 0.243 e. The molecule has 2 atom stereocenters. The molecule has 1 aromatic rings. The molecule has 0 aromatic carbocycles. The third-order valence-electron chi connectivity index (χ3n) is 2.48. The molecule has 2 N–H and O–H groups in total. The van der Waals surface area contributed by atoms with Gasteiger partial charge in [-0.2, -0.15) is 4.98 Å². The zero-order valence-electron chi connectivity index (χ0n) is 9.10. The van der Waals surface area contributed by atoms with Crippen LogP contribution in [0.3, 0.4) is 0 Å². The van der Waals surface area contributed by atoms with E-state index in [4.69, 9.17) is 4.52 Å². The predicted molar refractivity (Wildman–Crippen MR) is 54.2 cm³/mol. The van der Waals surface area contributed by atoms with Crippen molar-refractivity contribution in [2.75, 3.05) is 6.54 Å². The van der Waals surface area contributed by atoms with Gasteiger partial charge in [0.15, 0.2) is 5.82 Å². The molecule has 0 amide bonds. The van der Waals surface area contributed by atoms with Crippen LogP contribution in [0.1, 0.15) is 38.0 Å². The van der Waals surface area contributed by atoms with Gasteiger partial charge in [-0.25, -0.2) is 0 Å². The topological polar surface area (TPSA) is 71.2 Å². The number of aliphatic hydroxyl groups is 1. The summed E-state index contributed by atoms with van der Waals surface area (Å²) in [5.41, 5.74) is 0. The maximum absolute atomic E-state index is 9.36. The van der Waals surface area contributed by atoms with Crippen molar-refractivity contribution in [3.8, 4) is 0 Å². The Hall–Kier alpha value is -0.940. The fraction of sp³-hybridized carbons (Fsp3) is 0.800. The van der Waals surface area contributed by atoms with E-state index in [9.17, 15) is 5.11 Å². The van der Waals surface area contributed by atoms with E-state index in [1.807, 2.05) is 0 Å². The van der Waals surface area contributed by atoms with Gasteiger partial charge in [-0.05, 0) is 12.3 Å². The second-order valence-corrected chi connectivity index (χ2v) is 4.50. The highest BCUT2D eigenvalue weighted by atomic mass is 16.5. The number of nitrogens with one attached hydrogen (secondary N) is 1. The Morgan fingerprint density at radius 2 is 2.40 bits per heavy atom. The molecule has 5 heteroatoms. The normalized spacial score (nSPS) is 26.4. The summed E-state index contributed by atoms with van der Waals surface area (Å²) in [7, 11) is 0. The summed E-state index contributed by atoms with van der Waals surface area (Å²) in [5.74, 6) is 1.88. The van der Waals surface area contributed by atoms with Crippen molar-refractivity contribution < 1.29 is 9.63 Å².